The Morgan fingerprint density at radius 1 is 1.27 bits per heavy atom. The summed E-state index contributed by atoms with van der Waals surface area (Å²) in [6.45, 7) is 1.08. The maximum atomic E-state index is 11.8. The quantitative estimate of drug-likeness (QED) is 0.657. The Morgan fingerprint density at radius 2 is 2.13 bits per heavy atom. The van der Waals surface area contributed by atoms with Crippen molar-refractivity contribution in [1.82, 2.24) is 5.32 Å². The summed E-state index contributed by atoms with van der Waals surface area (Å²) in [4.78, 5) is 11.8. The van der Waals surface area contributed by atoms with Gasteiger partial charge in [-0.2, -0.15) is 0 Å². The summed E-state index contributed by atoms with van der Waals surface area (Å²) in [6.07, 6.45) is 0.713. The van der Waals surface area contributed by atoms with E-state index in [1.165, 1.54) is 0 Å². The fraction of sp³-hybridized carbons (Fsp3) is 0.364. The SMILES string of the molecule is O=C1NCCC12OCNc1ccccc12. The van der Waals surface area contributed by atoms with E-state index >= 15 is 0 Å². The number of para-hydroxylation sites is 1. The Kier molecular flexibility index (Phi) is 1.73. The molecule has 2 heterocycles. The van der Waals surface area contributed by atoms with Gasteiger partial charge < -0.3 is 15.4 Å². The summed E-state index contributed by atoms with van der Waals surface area (Å²) in [5.41, 5.74) is 1.20. The van der Waals surface area contributed by atoms with Gasteiger partial charge in [0.25, 0.3) is 5.91 Å². The van der Waals surface area contributed by atoms with Crippen molar-refractivity contribution in [3.05, 3.63) is 29.8 Å². The summed E-state index contributed by atoms with van der Waals surface area (Å²) < 4.78 is 5.64. The van der Waals surface area contributed by atoms with Crippen LogP contribution >= 0.6 is 0 Å². The van der Waals surface area contributed by atoms with Crippen LogP contribution < -0.4 is 10.6 Å². The van der Waals surface area contributed by atoms with Crippen LogP contribution in [-0.4, -0.2) is 19.2 Å². The number of ether oxygens (including phenoxy) is 1. The zero-order chi connectivity index (χ0) is 10.3. The molecule has 0 aromatic heterocycles. The molecule has 1 amide bonds. The lowest BCUT2D eigenvalue weighted by molar-refractivity contribution is -0.143. The lowest BCUT2D eigenvalue weighted by atomic mass is 9.89. The summed E-state index contributed by atoms with van der Waals surface area (Å²) in [5, 5.41) is 5.96. The van der Waals surface area contributed by atoms with Crippen molar-refractivity contribution < 1.29 is 9.53 Å². The molecule has 3 rings (SSSR count). The molecule has 0 aliphatic carbocycles. The van der Waals surface area contributed by atoms with Gasteiger partial charge in [-0.05, 0) is 6.07 Å². The summed E-state index contributed by atoms with van der Waals surface area (Å²) in [6, 6.07) is 7.82. The third kappa shape index (κ3) is 1.08. The van der Waals surface area contributed by atoms with Gasteiger partial charge >= 0.3 is 0 Å². The number of hydrogen-bond acceptors (Lipinski definition) is 3. The molecule has 15 heavy (non-hydrogen) atoms. The second kappa shape index (κ2) is 2.97. The van der Waals surface area contributed by atoms with Crippen LogP contribution in [0.15, 0.2) is 24.3 Å². The number of benzene rings is 1. The van der Waals surface area contributed by atoms with Gasteiger partial charge in [0.2, 0.25) is 0 Å². The summed E-state index contributed by atoms with van der Waals surface area (Å²) in [7, 11) is 0. The highest BCUT2D eigenvalue weighted by atomic mass is 16.5. The number of nitrogens with one attached hydrogen (secondary N) is 2. The lowest BCUT2D eigenvalue weighted by Crippen LogP contribution is -2.42. The molecule has 2 aliphatic heterocycles. The third-order valence-electron chi connectivity index (χ3n) is 3.07. The first kappa shape index (κ1) is 8.73. The molecule has 1 aromatic carbocycles. The van der Waals surface area contributed by atoms with E-state index in [1.807, 2.05) is 24.3 Å². The van der Waals surface area contributed by atoms with E-state index in [0.717, 1.165) is 11.3 Å². The predicted molar refractivity (Wildman–Crippen MR) is 55.3 cm³/mol. The third-order valence-corrected chi connectivity index (χ3v) is 3.07. The van der Waals surface area contributed by atoms with Crippen molar-refractivity contribution in [2.75, 3.05) is 18.6 Å². The van der Waals surface area contributed by atoms with Gasteiger partial charge in [0.05, 0.1) is 0 Å². The maximum absolute atomic E-state index is 11.8. The standard InChI is InChI=1S/C11H12N2O2/c14-10-11(5-6-12-10)8-3-1-2-4-9(8)13-7-15-11/h1-4,13H,5-7H2,(H,12,14). The normalized spacial score (nSPS) is 28.4. The molecule has 2 aliphatic rings. The summed E-state index contributed by atoms with van der Waals surface area (Å²) >= 11 is 0. The van der Waals surface area contributed by atoms with Crippen molar-refractivity contribution in [3.8, 4) is 0 Å². The number of hydrogen-bond donors (Lipinski definition) is 2. The second-order valence-corrected chi connectivity index (χ2v) is 3.84. The average molecular weight is 204 g/mol. The van der Waals surface area contributed by atoms with Gasteiger partial charge in [0.1, 0.15) is 6.73 Å². The van der Waals surface area contributed by atoms with Gasteiger partial charge in [-0.1, -0.05) is 18.2 Å². The largest absolute Gasteiger partial charge is 0.362 e. The molecular weight excluding hydrogens is 192 g/mol. The van der Waals surface area contributed by atoms with Crippen LogP contribution in [0.5, 0.6) is 0 Å². The van der Waals surface area contributed by atoms with Crippen molar-refractivity contribution >= 4 is 11.6 Å². The molecule has 4 nitrogen and oxygen atoms in total. The lowest BCUT2D eigenvalue weighted by Gasteiger charge is -2.33. The number of rotatable bonds is 0. The Morgan fingerprint density at radius 3 is 2.93 bits per heavy atom. The van der Waals surface area contributed by atoms with Gasteiger partial charge in [-0.15, -0.1) is 0 Å². The van der Waals surface area contributed by atoms with Gasteiger partial charge in [0, 0.05) is 24.2 Å². The number of anilines is 1. The van der Waals surface area contributed by atoms with E-state index in [-0.39, 0.29) is 5.91 Å². The van der Waals surface area contributed by atoms with Crippen molar-refractivity contribution in [2.24, 2.45) is 0 Å². The molecule has 1 spiro atoms. The molecule has 0 radical (unpaired) electrons. The molecule has 78 valence electrons. The van der Waals surface area contributed by atoms with Crippen LogP contribution in [0.2, 0.25) is 0 Å². The van der Waals surface area contributed by atoms with E-state index in [1.54, 1.807) is 0 Å². The molecular formula is C11H12N2O2. The highest BCUT2D eigenvalue weighted by Crippen LogP contribution is 2.39. The first-order chi connectivity index (χ1) is 7.33. The minimum Gasteiger partial charge on any atom is -0.362 e. The van der Waals surface area contributed by atoms with E-state index in [2.05, 4.69) is 10.6 Å². The Labute approximate surface area is 87.6 Å². The molecule has 2 N–H and O–H groups in total. The topological polar surface area (TPSA) is 50.4 Å². The zero-order valence-electron chi connectivity index (χ0n) is 8.25. The second-order valence-electron chi connectivity index (χ2n) is 3.84. The maximum Gasteiger partial charge on any atom is 0.257 e. The Hall–Kier alpha value is -1.55. The first-order valence-corrected chi connectivity index (χ1v) is 5.08. The van der Waals surface area contributed by atoms with Gasteiger partial charge in [-0.3, -0.25) is 4.79 Å². The van der Waals surface area contributed by atoms with Gasteiger partial charge in [-0.25, -0.2) is 0 Å². The van der Waals surface area contributed by atoms with Crippen LogP contribution in [0.25, 0.3) is 0 Å². The van der Waals surface area contributed by atoms with Crippen LogP contribution in [0, 0.1) is 0 Å². The van der Waals surface area contributed by atoms with Gasteiger partial charge in [0.15, 0.2) is 5.60 Å². The fourth-order valence-corrected chi connectivity index (χ4v) is 2.31. The highest BCUT2D eigenvalue weighted by Gasteiger charge is 2.48. The van der Waals surface area contributed by atoms with Crippen LogP contribution in [0.4, 0.5) is 5.69 Å². The van der Waals surface area contributed by atoms with E-state index in [4.69, 9.17) is 4.74 Å². The highest BCUT2D eigenvalue weighted by molar-refractivity contribution is 5.90. The van der Waals surface area contributed by atoms with Crippen LogP contribution in [0.3, 0.4) is 0 Å². The summed E-state index contributed by atoms with van der Waals surface area (Å²) in [5.74, 6) is -0.0172. The van der Waals surface area contributed by atoms with Crippen LogP contribution in [-0.2, 0) is 15.1 Å². The number of amides is 1. The van der Waals surface area contributed by atoms with Crippen molar-refractivity contribution in [3.63, 3.8) is 0 Å². The van der Waals surface area contributed by atoms with E-state index in [0.29, 0.717) is 19.7 Å². The van der Waals surface area contributed by atoms with E-state index in [9.17, 15) is 4.79 Å². The molecule has 4 heteroatoms. The first-order valence-electron chi connectivity index (χ1n) is 5.08. The predicted octanol–water partition coefficient (Wildman–Crippen LogP) is 0.801. The molecule has 1 aromatic rings. The van der Waals surface area contributed by atoms with Crippen molar-refractivity contribution in [2.45, 2.75) is 12.0 Å². The minimum atomic E-state index is -0.748. The fourth-order valence-electron chi connectivity index (χ4n) is 2.31. The number of carbonyl (C=O) groups excluding carboxylic acids is 1. The van der Waals surface area contributed by atoms with E-state index < -0.39 is 5.60 Å². The minimum absolute atomic E-state index is 0.0172. The molecule has 0 saturated carbocycles. The monoisotopic (exact) mass is 204 g/mol. The smallest absolute Gasteiger partial charge is 0.257 e. The molecule has 1 unspecified atom stereocenters. The average Bonchev–Trinajstić information content (AvgIpc) is 2.62. The zero-order valence-corrected chi connectivity index (χ0v) is 8.25. The Bertz CT molecular complexity index is 419. The Balaban J connectivity index is 2.16. The van der Waals surface area contributed by atoms with Crippen LogP contribution in [0.1, 0.15) is 12.0 Å². The molecule has 0 bridgehead atoms. The molecule has 1 fully saturated rings. The number of fused-ring (bicyclic) bond motifs is 2. The molecule has 1 atom stereocenters. The van der Waals surface area contributed by atoms with Crippen molar-refractivity contribution in [1.29, 1.82) is 0 Å². The number of carbonyl (C=O) groups is 1. The molecule has 1 saturated heterocycles.